The van der Waals surface area contributed by atoms with Crippen molar-refractivity contribution >= 4 is 21.6 Å². The Morgan fingerprint density at radius 1 is 1.17 bits per heavy atom. The van der Waals surface area contributed by atoms with Gasteiger partial charge in [-0.05, 0) is 25.0 Å². The van der Waals surface area contributed by atoms with E-state index in [0.717, 1.165) is 12.8 Å². The topological polar surface area (TPSA) is 69.7 Å². The third-order valence-electron chi connectivity index (χ3n) is 4.15. The Hall–Kier alpha value is -1.51. The minimum Gasteiger partial charge on any atom is -0.322 e. The molecule has 23 heavy (non-hydrogen) atoms. The third-order valence-corrected chi connectivity index (χ3v) is 6.55. The molecule has 6 nitrogen and oxygen atoms in total. The number of sulfonamides is 1. The van der Waals surface area contributed by atoms with Crippen LogP contribution in [0, 0.1) is 5.82 Å². The summed E-state index contributed by atoms with van der Waals surface area (Å²) >= 11 is 0. The van der Waals surface area contributed by atoms with E-state index in [2.05, 4.69) is 5.32 Å². The Kier molecular flexibility index (Phi) is 4.65. The summed E-state index contributed by atoms with van der Waals surface area (Å²) in [6.45, 7) is 1.97. The molecule has 1 saturated carbocycles. The molecule has 1 aromatic carbocycles. The van der Waals surface area contributed by atoms with Gasteiger partial charge in [0.2, 0.25) is 15.9 Å². The number of rotatable bonds is 5. The maximum absolute atomic E-state index is 13.5. The van der Waals surface area contributed by atoms with Crippen molar-refractivity contribution in [3.8, 4) is 0 Å². The molecule has 1 aliphatic carbocycles. The second-order valence-electron chi connectivity index (χ2n) is 5.95. The van der Waals surface area contributed by atoms with Crippen LogP contribution >= 0.6 is 0 Å². The van der Waals surface area contributed by atoms with Crippen molar-refractivity contribution in [2.45, 2.75) is 18.1 Å². The number of piperazine rings is 1. The van der Waals surface area contributed by atoms with Crippen LogP contribution in [0.15, 0.2) is 24.3 Å². The van der Waals surface area contributed by atoms with Gasteiger partial charge in [0, 0.05) is 26.2 Å². The lowest BCUT2D eigenvalue weighted by Gasteiger charge is -2.33. The number of anilines is 1. The average molecular weight is 341 g/mol. The molecule has 0 bridgehead atoms. The van der Waals surface area contributed by atoms with Crippen molar-refractivity contribution in [2.24, 2.45) is 0 Å². The van der Waals surface area contributed by atoms with Gasteiger partial charge in [0.1, 0.15) is 5.82 Å². The SMILES string of the molecule is O=C(CN1CCN(S(=O)(=O)C2CC2)CC1)Nc1ccccc1F. The van der Waals surface area contributed by atoms with E-state index in [1.54, 1.807) is 12.1 Å². The Morgan fingerprint density at radius 3 is 2.43 bits per heavy atom. The van der Waals surface area contributed by atoms with Crippen LogP contribution in [0.2, 0.25) is 0 Å². The summed E-state index contributed by atoms with van der Waals surface area (Å²) in [6.07, 6.45) is 1.52. The number of para-hydroxylation sites is 1. The highest BCUT2D eigenvalue weighted by Crippen LogP contribution is 2.31. The lowest BCUT2D eigenvalue weighted by atomic mass is 10.3. The van der Waals surface area contributed by atoms with Gasteiger partial charge in [0.25, 0.3) is 0 Å². The Balaban J connectivity index is 1.49. The molecule has 1 heterocycles. The van der Waals surface area contributed by atoms with Gasteiger partial charge in [-0.1, -0.05) is 12.1 Å². The van der Waals surface area contributed by atoms with Gasteiger partial charge in [-0.2, -0.15) is 4.31 Å². The van der Waals surface area contributed by atoms with Crippen LogP contribution in [0.25, 0.3) is 0 Å². The molecule has 126 valence electrons. The van der Waals surface area contributed by atoms with Crippen LogP contribution in [0.5, 0.6) is 0 Å². The monoisotopic (exact) mass is 341 g/mol. The highest BCUT2D eigenvalue weighted by Gasteiger charge is 2.40. The number of carbonyl (C=O) groups excluding carboxylic acids is 1. The summed E-state index contributed by atoms with van der Waals surface area (Å²) in [5.41, 5.74) is 0.160. The van der Waals surface area contributed by atoms with E-state index in [1.165, 1.54) is 16.4 Å². The first kappa shape index (κ1) is 16.4. The van der Waals surface area contributed by atoms with E-state index >= 15 is 0 Å². The molecule has 0 radical (unpaired) electrons. The zero-order valence-electron chi connectivity index (χ0n) is 12.7. The number of nitrogens with zero attached hydrogens (tertiary/aromatic N) is 2. The quantitative estimate of drug-likeness (QED) is 0.863. The largest absolute Gasteiger partial charge is 0.322 e. The fourth-order valence-corrected chi connectivity index (χ4v) is 4.50. The first-order chi connectivity index (χ1) is 11.0. The van der Waals surface area contributed by atoms with Gasteiger partial charge >= 0.3 is 0 Å². The lowest BCUT2D eigenvalue weighted by Crippen LogP contribution is -2.51. The molecule has 1 aliphatic heterocycles. The minimum absolute atomic E-state index is 0.131. The molecule has 1 N–H and O–H groups in total. The van der Waals surface area contributed by atoms with E-state index in [1.807, 2.05) is 4.90 Å². The molecule has 2 fully saturated rings. The summed E-state index contributed by atoms with van der Waals surface area (Å²) in [4.78, 5) is 13.9. The van der Waals surface area contributed by atoms with Crippen LogP contribution in [-0.2, 0) is 14.8 Å². The van der Waals surface area contributed by atoms with E-state index in [-0.39, 0.29) is 23.4 Å². The van der Waals surface area contributed by atoms with E-state index in [9.17, 15) is 17.6 Å². The summed E-state index contributed by atoms with van der Waals surface area (Å²) in [5.74, 6) is -0.769. The molecule has 0 unspecified atom stereocenters. The van der Waals surface area contributed by atoms with Crippen molar-refractivity contribution < 1.29 is 17.6 Å². The van der Waals surface area contributed by atoms with Crippen molar-refractivity contribution in [3.63, 3.8) is 0 Å². The number of amides is 1. The highest BCUT2D eigenvalue weighted by molar-refractivity contribution is 7.90. The summed E-state index contributed by atoms with van der Waals surface area (Å²) in [7, 11) is -3.14. The van der Waals surface area contributed by atoms with E-state index in [4.69, 9.17) is 0 Å². The number of hydrogen-bond donors (Lipinski definition) is 1. The fraction of sp³-hybridized carbons (Fsp3) is 0.533. The maximum atomic E-state index is 13.5. The second kappa shape index (κ2) is 6.54. The van der Waals surface area contributed by atoms with Gasteiger partial charge in [0.15, 0.2) is 0 Å². The molecule has 8 heteroatoms. The molecule has 1 aromatic rings. The van der Waals surface area contributed by atoms with Gasteiger partial charge in [0.05, 0.1) is 17.5 Å². The van der Waals surface area contributed by atoms with Crippen molar-refractivity contribution in [3.05, 3.63) is 30.1 Å². The zero-order chi connectivity index (χ0) is 16.4. The van der Waals surface area contributed by atoms with Crippen molar-refractivity contribution in [1.29, 1.82) is 0 Å². The Morgan fingerprint density at radius 2 is 1.83 bits per heavy atom. The van der Waals surface area contributed by atoms with Crippen molar-refractivity contribution in [2.75, 3.05) is 38.0 Å². The normalized spacial score (nSPS) is 20.4. The molecule has 3 rings (SSSR count). The number of benzene rings is 1. The number of halogens is 1. The predicted molar refractivity (Wildman–Crippen MR) is 85.0 cm³/mol. The van der Waals surface area contributed by atoms with Crippen molar-refractivity contribution in [1.82, 2.24) is 9.21 Å². The maximum Gasteiger partial charge on any atom is 0.238 e. The van der Waals surface area contributed by atoms with Crippen LogP contribution < -0.4 is 5.32 Å². The molecule has 0 spiro atoms. The fourth-order valence-electron chi connectivity index (χ4n) is 2.67. The summed E-state index contributed by atoms with van der Waals surface area (Å²) in [6, 6.07) is 6.01. The summed E-state index contributed by atoms with van der Waals surface area (Å²) < 4.78 is 39.3. The smallest absolute Gasteiger partial charge is 0.238 e. The van der Waals surface area contributed by atoms with Crippen LogP contribution in [-0.4, -0.2) is 61.5 Å². The van der Waals surface area contributed by atoms with Crippen LogP contribution in [0.3, 0.4) is 0 Å². The standard InChI is InChI=1S/C15H20FN3O3S/c16-13-3-1-2-4-14(13)17-15(20)11-18-7-9-19(10-8-18)23(21,22)12-5-6-12/h1-4,12H,5-11H2,(H,17,20). The van der Waals surface area contributed by atoms with Gasteiger partial charge in [-0.3, -0.25) is 9.69 Å². The molecule has 1 saturated heterocycles. The lowest BCUT2D eigenvalue weighted by molar-refractivity contribution is -0.117. The molecule has 2 aliphatic rings. The number of nitrogens with one attached hydrogen (secondary N) is 1. The minimum atomic E-state index is -3.14. The molecule has 1 amide bonds. The number of hydrogen-bond acceptors (Lipinski definition) is 4. The first-order valence-corrected chi connectivity index (χ1v) is 9.23. The number of carbonyl (C=O) groups is 1. The molecular formula is C15H20FN3O3S. The van der Waals surface area contributed by atoms with Crippen LogP contribution in [0.1, 0.15) is 12.8 Å². The Bertz CT molecular complexity index is 683. The second-order valence-corrected chi connectivity index (χ2v) is 8.16. The van der Waals surface area contributed by atoms with Crippen LogP contribution in [0.4, 0.5) is 10.1 Å². The Labute approximate surface area is 135 Å². The molecule has 0 aromatic heterocycles. The van der Waals surface area contributed by atoms with Gasteiger partial charge in [-0.25, -0.2) is 12.8 Å². The van der Waals surface area contributed by atoms with E-state index < -0.39 is 15.8 Å². The van der Waals surface area contributed by atoms with E-state index in [0.29, 0.717) is 26.2 Å². The van der Waals surface area contributed by atoms with Gasteiger partial charge < -0.3 is 5.32 Å². The molecule has 0 atom stereocenters. The average Bonchev–Trinajstić information content (AvgIpc) is 3.35. The third kappa shape index (κ3) is 3.88. The zero-order valence-corrected chi connectivity index (χ0v) is 13.6. The highest BCUT2D eigenvalue weighted by atomic mass is 32.2. The summed E-state index contributed by atoms with van der Waals surface area (Å²) in [5, 5.41) is 2.34. The predicted octanol–water partition coefficient (Wildman–Crippen LogP) is 0.874. The molecular weight excluding hydrogens is 321 g/mol. The first-order valence-electron chi connectivity index (χ1n) is 7.72. The van der Waals surface area contributed by atoms with Gasteiger partial charge in [-0.15, -0.1) is 0 Å².